The van der Waals surface area contributed by atoms with Gasteiger partial charge < -0.3 is 0 Å². The van der Waals surface area contributed by atoms with Crippen LogP contribution in [0.15, 0.2) is 22.8 Å². The van der Waals surface area contributed by atoms with Crippen LogP contribution in [0.2, 0.25) is 0 Å². The van der Waals surface area contributed by atoms with Gasteiger partial charge in [0.15, 0.2) is 0 Å². The normalized spacial score (nSPS) is 19.3. The molecule has 0 amide bonds. The molecule has 1 unspecified atom stereocenters. The molecule has 6 nitrogen and oxygen atoms in total. The van der Waals surface area contributed by atoms with Gasteiger partial charge in [-0.1, -0.05) is 12.1 Å². The molecule has 3 aromatic rings. The standard InChI is InChI=1S/C16H19N5O/c1-10-15(11(2)18-17-10)14-7-4-8-21(14)9-12-5-3-6-13-16(12)20-22-19-13/h3,5-6,14H,4,7-9H2,1-2H3,(H,17,18). The van der Waals surface area contributed by atoms with Gasteiger partial charge in [0.05, 0.1) is 5.69 Å². The van der Waals surface area contributed by atoms with Crippen LogP contribution in [-0.2, 0) is 6.54 Å². The Hall–Kier alpha value is -2.21. The maximum Gasteiger partial charge on any atom is 0.139 e. The molecule has 0 spiro atoms. The number of aryl methyl sites for hydroxylation is 2. The SMILES string of the molecule is Cc1n[nH]c(C)c1C1CCCN1Cc1cccc2nonc12. The molecule has 0 saturated carbocycles. The van der Waals surface area contributed by atoms with Gasteiger partial charge in [0.2, 0.25) is 0 Å². The van der Waals surface area contributed by atoms with Crippen molar-refractivity contribution in [3.05, 3.63) is 40.7 Å². The molecule has 0 bridgehead atoms. The molecule has 0 radical (unpaired) electrons. The Morgan fingerprint density at radius 3 is 3.05 bits per heavy atom. The third-order valence-corrected chi connectivity index (χ3v) is 4.62. The lowest BCUT2D eigenvalue weighted by atomic mass is 10.0. The topological polar surface area (TPSA) is 70.8 Å². The molecule has 1 aromatic carbocycles. The first-order valence-electron chi connectivity index (χ1n) is 7.69. The summed E-state index contributed by atoms with van der Waals surface area (Å²) in [6.07, 6.45) is 2.38. The summed E-state index contributed by atoms with van der Waals surface area (Å²) in [6.45, 7) is 6.14. The zero-order valence-corrected chi connectivity index (χ0v) is 12.8. The molecule has 3 heterocycles. The molecular weight excluding hydrogens is 278 g/mol. The van der Waals surface area contributed by atoms with Crippen LogP contribution in [0.3, 0.4) is 0 Å². The predicted molar refractivity (Wildman–Crippen MR) is 82.3 cm³/mol. The van der Waals surface area contributed by atoms with Crippen LogP contribution in [0.5, 0.6) is 0 Å². The average molecular weight is 297 g/mol. The number of hydrogen-bond acceptors (Lipinski definition) is 5. The first kappa shape index (κ1) is 13.5. The number of rotatable bonds is 3. The predicted octanol–water partition coefficient (Wildman–Crippen LogP) is 2.90. The zero-order valence-electron chi connectivity index (χ0n) is 12.8. The molecule has 4 rings (SSSR count). The minimum absolute atomic E-state index is 0.425. The summed E-state index contributed by atoms with van der Waals surface area (Å²) in [4.78, 5) is 2.51. The van der Waals surface area contributed by atoms with E-state index >= 15 is 0 Å². The highest BCUT2D eigenvalue weighted by Gasteiger charge is 2.30. The molecule has 1 saturated heterocycles. The third-order valence-electron chi connectivity index (χ3n) is 4.62. The summed E-state index contributed by atoms with van der Waals surface area (Å²) in [7, 11) is 0. The van der Waals surface area contributed by atoms with Crippen molar-refractivity contribution < 1.29 is 4.63 Å². The quantitative estimate of drug-likeness (QED) is 0.805. The Labute approximate surface area is 128 Å². The highest BCUT2D eigenvalue weighted by Crippen LogP contribution is 2.36. The molecule has 1 aliphatic heterocycles. The number of hydrogen-bond donors (Lipinski definition) is 1. The second kappa shape index (κ2) is 5.21. The van der Waals surface area contributed by atoms with Crippen molar-refractivity contribution in [3.63, 3.8) is 0 Å². The van der Waals surface area contributed by atoms with E-state index in [9.17, 15) is 0 Å². The molecule has 1 fully saturated rings. The van der Waals surface area contributed by atoms with Crippen molar-refractivity contribution in [1.29, 1.82) is 0 Å². The van der Waals surface area contributed by atoms with Gasteiger partial charge in [-0.3, -0.25) is 10.00 Å². The molecular formula is C16H19N5O. The Morgan fingerprint density at radius 2 is 2.23 bits per heavy atom. The summed E-state index contributed by atoms with van der Waals surface area (Å²) in [5.74, 6) is 0. The maximum absolute atomic E-state index is 4.87. The highest BCUT2D eigenvalue weighted by molar-refractivity contribution is 5.76. The van der Waals surface area contributed by atoms with Gasteiger partial charge in [-0.2, -0.15) is 5.10 Å². The van der Waals surface area contributed by atoms with Gasteiger partial charge in [0.25, 0.3) is 0 Å². The molecule has 6 heteroatoms. The number of fused-ring (bicyclic) bond motifs is 1. The number of benzene rings is 1. The van der Waals surface area contributed by atoms with Crippen molar-refractivity contribution in [2.75, 3.05) is 6.54 Å². The van der Waals surface area contributed by atoms with Crippen LogP contribution in [0.4, 0.5) is 0 Å². The minimum atomic E-state index is 0.425. The van der Waals surface area contributed by atoms with E-state index in [4.69, 9.17) is 4.63 Å². The molecule has 2 aromatic heterocycles. The number of likely N-dealkylation sites (tertiary alicyclic amines) is 1. The minimum Gasteiger partial charge on any atom is -0.292 e. The molecule has 0 aliphatic carbocycles. The highest BCUT2D eigenvalue weighted by atomic mass is 16.6. The van der Waals surface area contributed by atoms with Gasteiger partial charge in [0, 0.05) is 23.8 Å². The van der Waals surface area contributed by atoms with Crippen molar-refractivity contribution in [3.8, 4) is 0 Å². The summed E-state index contributed by atoms with van der Waals surface area (Å²) in [5.41, 5.74) is 6.50. The lowest BCUT2D eigenvalue weighted by Gasteiger charge is -2.25. The Kier molecular flexibility index (Phi) is 3.18. The maximum atomic E-state index is 4.87. The van der Waals surface area contributed by atoms with E-state index in [1.807, 2.05) is 12.1 Å². The van der Waals surface area contributed by atoms with Crippen molar-refractivity contribution in [2.24, 2.45) is 0 Å². The van der Waals surface area contributed by atoms with Crippen molar-refractivity contribution in [2.45, 2.75) is 39.3 Å². The van der Waals surface area contributed by atoms with Crippen molar-refractivity contribution in [1.82, 2.24) is 25.4 Å². The zero-order chi connectivity index (χ0) is 15.1. The van der Waals surface area contributed by atoms with Crippen LogP contribution >= 0.6 is 0 Å². The van der Waals surface area contributed by atoms with Crippen molar-refractivity contribution >= 4 is 11.0 Å². The first-order valence-corrected chi connectivity index (χ1v) is 7.69. The summed E-state index contributed by atoms with van der Waals surface area (Å²) in [5, 5.41) is 15.4. The Bertz CT molecular complexity index is 786. The third kappa shape index (κ3) is 2.11. The number of nitrogens with zero attached hydrogens (tertiary/aromatic N) is 4. The second-order valence-corrected chi connectivity index (χ2v) is 6.03. The lowest BCUT2D eigenvalue weighted by Crippen LogP contribution is -2.23. The molecule has 22 heavy (non-hydrogen) atoms. The van der Waals surface area contributed by atoms with Gasteiger partial charge in [-0.15, -0.1) is 0 Å². The van der Waals surface area contributed by atoms with Gasteiger partial charge >= 0.3 is 0 Å². The van der Waals surface area contributed by atoms with E-state index in [0.717, 1.165) is 29.8 Å². The molecule has 1 aliphatic rings. The van der Waals surface area contributed by atoms with E-state index in [1.165, 1.54) is 29.7 Å². The van der Waals surface area contributed by atoms with Gasteiger partial charge in [-0.25, -0.2) is 4.63 Å². The summed E-state index contributed by atoms with van der Waals surface area (Å²) in [6, 6.07) is 6.48. The fraction of sp³-hybridized carbons (Fsp3) is 0.438. The van der Waals surface area contributed by atoms with E-state index in [-0.39, 0.29) is 0 Å². The summed E-state index contributed by atoms with van der Waals surface area (Å²) < 4.78 is 4.87. The Morgan fingerprint density at radius 1 is 1.32 bits per heavy atom. The lowest BCUT2D eigenvalue weighted by molar-refractivity contribution is 0.247. The van der Waals surface area contributed by atoms with E-state index in [2.05, 4.69) is 45.3 Å². The smallest absolute Gasteiger partial charge is 0.139 e. The number of aromatic nitrogens is 4. The van der Waals surface area contributed by atoms with Crippen LogP contribution < -0.4 is 0 Å². The monoisotopic (exact) mass is 297 g/mol. The molecule has 1 N–H and O–H groups in total. The Balaban J connectivity index is 1.66. The van der Waals surface area contributed by atoms with Crippen LogP contribution in [0.1, 0.15) is 41.4 Å². The van der Waals surface area contributed by atoms with Crippen LogP contribution in [0, 0.1) is 13.8 Å². The average Bonchev–Trinajstić information content (AvgIpc) is 3.21. The number of H-pyrrole nitrogens is 1. The second-order valence-electron chi connectivity index (χ2n) is 6.03. The van der Waals surface area contributed by atoms with E-state index in [0.29, 0.717) is 6.04 Å². The molecule has 1 atom stereocenters. The number of nitrogens with one attached hydrogen (secondary N) is 1. The van der Waals surface area contributed by atoms with Gasteiger partial charge in [-0.05, 0) is 55.2 Å². The van der Waals surface area contributed by atoms with E-state index in [1.54, 1.807) is 0 Å². The number of aromatic amines is 1. The van der Waals surface area contributed by atoms with Gasteiger partial charge in [0.1, 0.15) is 11.0 Å². The van der Waals surface area contributed by atoms with Crippen LogP contribution in [-0.4, -0.2) is 32.0 Å². The largest absolute Gasteiger partial charge is 0.292 e. The van der Waals surface area contributed by atoms with Crippen LogP contribution in [0.25, 0.3) is 11.0 Å². The fourth-order valence-corrected chi connectivity index (χ4v) is 3.60. The molecule has 114 valence electrons. The first-order chi connectivity index (χ1) is 10.7. The van der Waals surface area contributed by atoms with E-state index < -0.39 is 0 Å². The summed E-state index contributed by atoms with van der Waals surface area (Å²) >= 11 is 0. The fourth-order valence-electron chi connectivity index (χ4n) is 3.60.